The van der Waals surface area contributed by atoms with Crippen molar-refractivity contribution in [3.05, 3.63) is 68.2 Å². The molecule has 5 nitrogen and oxygen atoms in total. The molecule has 3 rings (SSSR count). The predicted octanol–water partition coefficient (Wildman–Crippen LogP) is 4.47. The van der Waals surface area contributed by atoms with Crippen LogP contribution >= 0.6 is 38.5 Å². The predicted molar refractivity (Wildman–Crippen MR) is 117 cm³/mol. The first kappa shape index (κ1) is 18.7. The zero-order valence-corrected chi connectivity index (χ0v) is 17.3. The Morgan fingerprint density at radius 2 is 1.92 bits per heavy atom. The minimum atomic E-state index is -0.279. The van der Waals surface area contributed by atoms with Crippen LogP contribution in [0, 0.1) is 3.57 Å². The number of phenolic OH excluding ortho intramolecular Hbond substituents is 1. The van der Waals surface area contributed by atoms with E-state index in [9.17, 15) is 9.90 Å². The van der Waals surface area contributed by atoms with E-state index >= 15 is 0 Å². The van der Waals surface area contributed by atoms with E-state index in [0.717, 1.165) is 20.9 Å². The molecular weight excluding hydrogens is 509 g/mol. The molecule has 0 aliphatic rings. The SMILES string of the molecule is O=C(CNc1ccc2ccccc2c1)NN=Cc1cc(Br)cc(I)c1O. The molecule has 0 saturated heterocycles. The van der Waals surface area contributed by atoms with Crippen LogP contribution in [0.5, 0.6) is 5.75 Å². The molecule has 3 N–H and O–H groups in total. The lowest BCUT2D eigenvalue weighted by atomic mass is 10.1. The van der Waals surface area contributed by atoms with Crippen LogP contribution in [0.3, 0.4) is 0 Å². The van der Waals surface area contributed by atoms with Crippen molar-refractivity contribution in [2.24, 2.45) is 5.10 Å². The van der Waals surface area contributed by atoms with Gasteiger partial charge in [0.15, 0.2) is 0 Å². The molecule has 132 valence electrons. The molecule has 7 heteroatoms. The van der Waals surface area contributed by atoms with Crippen molar-refractivity contribution in [2.75, 3.05) is 11.9 Å². The summed E-state index contributed by atoms with van der Waals surface area (Å²) in [7, 11) is 0. The second-order valence-corrected chi connectivity index (χ2v) is 7.61. The van der Waals surface area contributed by atoms with Crippen LogP contribution < -0.4 is 10.7 Å². The molecule has 0 saturated carbocycles. The first-order valence-corrected chi connectivity index (χ1v) is 9.63. The number of phenols is 1. The van der Waals surface area contributed by atoms with Crippen molar-refractivity contribution in [3.8, 4) is 5.75 Å². The molecule has 0 aromatic heterocycles. The first-order valence-electron chi connectivity index (χ1n) is 7.75. The van der Waals surface area contributed by atoms with Gasteiger partial charge in [0.25, 0.3) is 5.91 Å². The van der Waals surface area contributed by atoms with Crippen LogP contribution in [0.15, 0.2) is 64.2 Å². The van der Waals surface area contributed by atoms with E-state index < -0.39 is 0 Å². The lowest BCUT2D eigenvalue weighted by molar-refractivity contribution is -0.119. The highest BCUT2D eigenvalue weighted by Crippen LogP contribution is 2.27. The van der Waals surface area contributed by atoms with Gasteiger partial charge < -0.3 is 10.4 Å². The van der Waals surface area contributed by atoms with Gasteiger partial charge in [0.05, 0.1) is 16.3 Å². The fraction of sp³-hybridized carbons (Fsp3) is 0.0526. The summed E-state index contributed by atoms with van der Waals surface area (Å²) in [5.41, 5.74) is 3.83. The van der Waals surface area contributed by atoms with Gasteiger partial charge in [0.1, 0.15) is 5.75 Å². The Kier molecular flexibility index (Phi) is 6.10. The van der Waals surface area contributed by atoms with Gasteiger partial charge >= 0.3 is 0 Å². The number of nitrogens with zero attached hydrogens (tertiary/aromatic N) is 1. The van der Waals surface area contributed by atoms with E-state index in [0.29, 0.717) is 9.13 Å². The summed E-state index contributed by atoms with van der Waals surface area (Å²) in [5.74, 6) is -0.153. The molecule has 0 bridgehead atoms. The Bertz CT molecular complexity index is 992. The van der Waals surface area contributed by atoms with Crippen molar-refractivity contribution in [1.82, 2.24) is 5.43 Å². The molecule has 3 aromatic carbocycles. The molecule has 0 unspecified atom stereocenters. The van der Waals surface area contributed by atoms with Gasteiger partial charge in [-0.1, -0.05) is 46.3 Å². The largest absolute Gasteiger partial charge is 0.506 e. The molecule has 0 fully saturated rings. The zero-order valence-electron chi connectivity index (χ0n) is 13.5. The third-order valence-electron chi connectivity index (χ3n) is 3.65. The Morgan fingerprint density at radius 3 is 2.73 bits per heavy atom. The molecule has 26 heavy (non-hydrogen) atoms. The maximum Gasteiger partial charge on any atom is 0.259 e. The van der Waals surface area contributed by atoms with Gasteiger partial charge in [-0.2, -0.15) is 5.10 Å². The van der Waals surface area contributed by atoms with Crippen molar-refractivity contribution >= 4 is 67.1 Å². The molecule has 0 heterocycles. The molecule has 0 aliphatic heterocycles. The summed E-state index contributed by atoms with van der Waals surface area (Å²) in [4.78, 5) is 11.9. The Morgan fingerprint density at radius 1 is 1.15 bits per heavy atom. The summed E-state index contributed by atoms with van der Waals surface area (Å²) in [5, 5.41) is 19.2. The van der Waals surface area contributed by atoms with Crippen LogP contribution in [-0.2, 0) is 4.79 Å². The van der Waals surface area contributed by atoms with E-state index in [1.54, 1.807) is 12.1 Å². The van der Waals surface area contributed by atoms with Crippen LogP contribution in [0.4, 0.5) is 5.69 Å². The molecule has 0 aliphatic carbocycles. The van der Waals surface area contributed by atoms with E-state index in [-0.39, 0.29) is 18.2 Å². The number of aromatic hydroxyl groups is 1. The standard InChI is InChI=1S/C19H15BrIN3O2/c20-15-7-14(19(26)17(21)9-15)10-23-24-18(25)11-22-16-6-5-12-3-1-2-4-13(12)8-16/h1-10,22,26H,11H2,(H,24,25). The number of hydrogen-bond donors (Lipinski definition) is 3. The monoisotopic (exact) mass is 523 g/mol. The van der Waals surface area contributed by atoms with Gasteiger partial charge in [0.2, 0.25) is 0 Å². The van der Waals surface area contributed by atoms with Crippen LogP contribution in [0.2, 0.25) is 0 Å². The van der Waals surface area contributed by atoms with Crippen LogP contribution in [0.25, 0.3) is 10.8 Å². The smallest absolute Gasteiger partial charge is 0.259 e. The molecule has 1 amide bonds. The van der Waals surface area contributed by atoms with E-state index in [1.807, 2.05) is 65.1 Å². The van der Waals surface area contributed by atoms with Gasteiger partial charge in [-0.25, -0.2) is 5.43 Å². The number of anilines is 1. The first-order chi connectivity index (χ1) is 12.5. The Balaban J connectivity index is 1.57. The molecule has 3 aromatic rings. The third-order valence-corrected chi connectivity index (χ3v) is 4.93. The number of hydrazone groups is 1. The molecule has 0 atom stereocenters. The Labute approximate surface area is 172 Å². The van der Waals surface area contributed by atoms with Crippen LogP contribution in [-0.4, -0.2) is 23.8 Å². The quantitative estimate of drug-likeness (QED) is 0.262. The number of carbonyl (C=O) groups is 1. The minimum absolute atomic E-state index is 0.0949. The Hall–Kier alpha value is -2.13. The minimum Gasteiger partial charge on any atom is -0.506 e. The number of nitrogens with one attached hydrogen (secondary N) is 2. The zero-order chi connectivity index (χ0) is 18.5. The second kappa shape index (κ2) is 8.50. The topological polar surface area (TPSA) is 73.7 Å². The van der Waals surface area contributed by atoms with Crippen molar-refractivity contribution in [2.45, 2.75) is 0 Å². The van der Waals surface area contributed by atoms with Crippen LogP contribution in [0.1, 0.15) is 5.56 Å². The average molecular weight is 524 g/mol. The number of halogens is 2. The molecule has 0 radical (unpaired) electrons. The lowest BCUT2D eigenvalue weighted by Crippen LogP contribution is -2.25. The summed E-state index contributed by atoms with van der Waals surface area (Å²) < 4.78 is 1.52. The number of rotatable bonds is 5. The number of amides is 1. The van der Waals surface area contributed by atoms with E-state index in [2.05, 4.69) is 31.8 Å². The summed E-state index contributed by atoms with van der Waals surface area (Å²) in [6, 6.07) is 17.5. The highest BCUT2D eigenvalue weighted by Gasteiger charge is 2.06. The number of hydrogen-bond acceptors (Lipinski definition) is 4. The highest BCUT2D eigenvalue weighted by molar-refractivity contribution is 14.1. The molecular formula is C19H15BrIN3O2. The normalized spacial score (nSPS) is 11.0. The van der Waals surface area contributed by atoms with Gasteiger partial charge in [-0.15, -0.1) is 0 Å². The van der Waals surface area contributed by atoms with E-state index in [4.69, 9.17) is 0 Å². The molecule has 0 spiro atoms. The maximum atomic E-state index is 11.9. The number of carbonyl (C=O) groups excluding carboxylic acids is 1. The van der Waals surface area contributed by atoms with Gasteiger partial charge in [0, 0.05) is 15.7 Å². The number of fused-ring (bicyclic) bond motifs is 1. The van der Waals surface area contributed by atoms with Crippen molar-refractivity contribution < 1.29 is 9.90 Å². The maximum absolute atomic E-state index is 11.9. The summed E-state index contributed by atoms with van der Waals surface area (Å²) >= 11 is 5.39. The summed E-state index contributed by atoms with van der Waals surface area (Å²) in [6.45, 7) is 0.0949. The number of benzene rings is 3. The third kappa shape index (κ3) is 4.73. The fourth-order valence-electron chi connectivity index (χ4n) is 2.38. The lowest BCUT2D eigenvalue weighted by Gasteiger charge is -2.07. The average Bonchev–Trinajstić information content (AvgIpc) is 2.63. The van der Waals surface area contributed by atoms with Crippen molar-refractivity contribution in [1.29, 1.82) is 0 Å². The highest BCUT2D eigenvalue weighted by atomic mass is 127. The van der Waals surface area contributed by atoms with Gasteiger partial charge in [-0.3, -0.25) is 4.79 Å². The van der Waals surface area contributed by atoms with E-state index in [1.165, 1.54) is 6.21 Å². The fourth-order valence-corrected chi connectivity index (χ4v) is 3.93. The van der Waals surface area contributed by atoms with Gasteiger partial charge in [-0.05, 0) is 57.6 Å². The summed E-state index contributed by atoms with van der Waals surface area (Å²) in [6.07, 6.45) is 1.41. The second-order valence-electron chi connectivity index (χ2n) is 5.53. The van der Waals surface area contributed by atoms with Crippen molar-refractivity contribution in [3.63, 3.8) is 0 Å².